The number of pyridine rings is 1. The summed E-state index contributed by atoms with van der Waals surface area (Å²) in [5, 5.41) is 1.78. The van der Waals surface area contributed by atoms with Crippen LogP contribution in [0.4, 0.5) is 5.82 Å². The van der Waals surface area contributed by atoms with E-state index in [4.69, 9.17) is 21.3 Å². The van der Waals surface area contributed by atoms with Crippen LogP contribution in [0.3, 0.4) is 0 Å². The van der Waals surface area contributed by atoms with E-state index in [1.807, 2.05) is 29.2 Å². The second-order valence-corrected chi connectivity index (χ2v) is 7.14. The van der Waals surface area contributed by atoms with Gasteiger partial charge in [-0.1, -0.05) is 11.6 Å². The number of amides is 1. The van der Waals surface area contributed by atoms with Gasteiger partial charge in [0, 0.05) is 42.5 Å². The van der Waals surface area contributed by atoms with E-state index in [1.165, 1.54) is 0 Å². The Morgan fingerprint density at radius 2 is 1.84 bits per heavy atom. The van der Waals surface area contributed by atoms with Gasteiger partial charge < -0.3 is 14.5 Å². The van der Waals surface area contributed by atoms with Crippen molar-refractivity contribution >= 4 is 34.2 Å². The second kappa shape index (κ2) is 7.18. The number of hydrogen-bond donors (Lipinski definition) is 0. The number of piperidine rings is 1. The summed E-state index contributed by atoms with van der Waals surface area (Å²) in [5.74, 6) is 1.41. The van der Waals surface area contributed by atoms with Gasteiger partial charge in [-0.2, -0.15) is 0 Å². The van der Waals surface area contributed by atoms with Crippen molar-refractivity contribution in [3.8, 4) is 0 Å². The Kier molecular flexibility index (Phi) is 4.77. The standard InChI is InChI=1S/C19H22ClN3O2/c20-16-2-3-17-15(13-16)1-4-18(21-17)22-7-5-14(6-8-22)19(24)23-9-11-25-12-10-23/h1-4,13-14H,5-12H2. The SMILES string of the molecule is O=C(C1CCN(c2ccc3cc(Cl)ccc3n2)CC1)N1CCOCC1. The Balaban J connectivity index is 1.41. The van der Waals surface area contributed by atoms with Crippen molar-refractivity contribution in [1.82, 2.24) is 9.88 Å². The first kappa shape index (κ1) is 16.6. The summed E-state index contributed by atoms with van der Waals surface area (Å²) in [6, 6.07) is 9.86. The molecule has 3 heterocycles. The molecular weight excluding hydrogens is 338 g/mol. The number of rotatable bonds is 2. The second-order valence-electron chi connectivity index (χ2n) is 6.71. The van der Waals surface area contributed by atoms with E-state index in [2.05, 4.69) is 11.0 Å². The lowest BCUT2D eigenvalue weighted by Gasteiger charge is -2.36. The van der Waals surface area contributed by atoms with Crippen LogP contribution in [0.15, 0.2) is 30.3 Å². The van der Waals surface area contributed by atoms with E-state index in [0.717, 1.165) is 60.8 Å². The Hall–Kier alpha value is -1.85. The fourth-order valence-corrected chi connectivity index (χ4v) is 3.84. The number of fused-ring (bicyclic) bond motifs is 1. The molecule has 4 rings (SSSR count). The zero-order valence-electron chi connectivity index (χ0n) is 14.2. The molecule has 2 aliphatic rings. The molecule has 1 aromatic carbocycles. The molecule has 6 heteroatoms. The van der Waals surface area contributed by atoms with Gasteiger partial charge in [-0.3, -0.25) is 4.79 Å². The molecule has 25 heavy (non-hydrogen) atoms. The lowest BCUT2D eigenvalue weighted by atomic mass is 9.95. The number of halogens is 1. The van der Waals surface area contributed by atoms with Crippen molar-refractivity contribution in [3.05, 3.63) is 35.4 Å². The first-order chi connectivity index (χ1) is 12.2. The minimum absolute atomic E-state index is 0.133. The predicted octanol–water partition coefficient (Wildman–Crippen LogP) is 2.96. The van der Waals surface area contributed by atoms with E-state index >= 15 is 0 Å². The molecule has 1 aromatic heterocycles. The average Bonchev–Trinajstić information content (AvgIpc) is 2.68. The Morgan fingerprint density at radius 3 is 2.60 bits per heavy atom. The van der Waals surface area contributed by atoms with Crippen LogP contribution in [0.5, 0.6) is 0 Å². The molecule has 132 valence electrons. The van der Waals surface area contributed by atoms with Crippen molar-refractivity contribution < 1.29 is 9.53 Å². The molecule has 0 unspecified atom stereocenters. The van der Waals surface area contributed by atoms with Crippen LogP contribution in [-0.2, 0) is 9.53 Å². The number of benzene rings is 1. The maximum atomic E-state index is 12.6. The molecule has 0 spiro atoms. The van der Waals surface area contributed by atoms with Crippen LogP contribution in [0.25, 0.3) is 10.9 Å². The van der Waals surface area contributed by atoms with Gasteiger partial charge >= 0.3 is 0 Å². The number of aromatic nitrogens is 1. The van der Waals surface area contributed by atoms with E-state index < -0.39 is 0 Å². The van der Waals surface area contributed by atoms with Crippen molar-refractivity contribution in [2.45, 2.75) is 12.8 Å². The van der Waals surface area contributed by atoms with Crippen molar-refractivity contribution in [2.75, 3.05) is 44.3 Å². The third kappa shape index (κ3) is 3.58. The Morgan fingerprint density at radius 1 is 1.08 bits per heavy atom. The molecule has 0 aliphatic carbocycles. The molecule has 0 saturated carbocycles. The fraction of sp³-hybridized carbons (Fsp3) is 0.474. The number of morpholine rings is 1. The first-order valence-electron chi connectivity index (χ1n) is 8.88. The number of carbonyl (C=O) groups excluding carboxylic acids is 1. The topological polar surface area (TPSA) is 45.7 Å². The van der Waals surface area contributed by atoms with Crippen LogP contribution in [0.2, 0.25) is 5.02 Å². The van der Waals surface area contributed by atoms with Crippen molar-refractivity contribution in [1.29, 1.82) is 0 Å². The van der Waals surface area contributed by atoms with Crippen molar-refractivity contribution in [3.63, 3.8) is 0 Å². The zero-order chi connectivity index (χ0) is 17.2. The number of carbonyl (C=O) groups is 1. The molecular formula is C19H22ClN3O2. The Labute approximate surface area is 152 Å². The van der Waals surface area contributed by atoms with Crippen LogP contribution >= 0.6 is 11.6 Å². The molecule has 2 aromatic rings. The normalized spacial score (nSPS) is 19.4. The van der Waals surface area contributed by atoms with Crippen LogP contribution in [0.1, 0.15) is 12.8 Å². The van der Waals surface area contributed by atoms with Crippen LogP contribution in [-0.4, -0.2) is 55.2 Å². The third-order valence-corrected chi connectivity index (χ3v) is 5.36. The van der Waals surface area contributed by atoms with Crippen molar-refractivity contribution in [2.24, 2.45) is 5.92 Å². The maximum Gasteiger partial charge on any atom is 0.225 e. The van der Waals surface area contributed by atoms with E-state index in [1.54, 1.807) is 0 Å². The average molecular weight is 360 g/mol. The molecule has 0 radical (unpaired) electrons. The molecule has 2 saturated heterocycles. The highest BCUT2D eigenvalue weighted by Gasteiger charge is 2.29. The monoisotopic (exact) mass is 359 g/mol. The summed E-state index contributed by atoms with van der Waals surface area (Å²) in [4.78, 5) is 21.6. The van der Waals surface area contributed by atoms with Crippen LogP contribution < -0.4 is 4.90 Å². The number of anilines is 1. The van der Waals surface area contributed by atoms with E-state index in [0.29, 0.717) is 19.1 Å². The quantitative estimate of drug-likeness (QED) is 0.827. The minimum atomic E-state index is 0.133. The molecule has 1 amide bonds. The predicted molar refractivity (Wildman–Crippen MR) is 99.1 cm³/mol. The zero-order valence-corrected chi connectivity index (χ0v) is 14.9. The third-order valence-electron chi connectivity index (χ3n) is 5.13. The van der Waals surface area contributed by atoms with Gasteiger partial charge in [-0.15, -0.1) is 0 Å². The van der Waals surface area contributed by atoms with Gasteiger partial charge in [0.2, 0.25) is 5.91 Å². The summed E-state index contributed by atoms with van der Waals surface area (Å²) < 4.78 is 5.34. The van der Waals surface area contributed by atoms with E-state index in [-0.39, 0.29) is 5.92 Å². The number of ether oxygens (including phenoxy) is 1. The molecule has 5 nitrogen and oxygen atoms in total. The molecule has 2 aliphatic heterocycles. The largest absolute Gasteiger partial charge is 0.378 e. The fourth-order valence-electron chi connectivity index (χ4n) is 3.66. The summed E-state index contributed by atoms with van der Waals surface area (Å²) in [5.41, 5.74) is 0.952. The van der Waals surface area contributed by atoms with Gasteiger partial charge in [0.25, 0.3) is 0 Å². The highest BCUT2D eigenvalue weighted by Crippen LogP contribution is 2.26. The van der Waals surface area contributed by atoms with E-state index in [9.17, 15) is 4.79 Å². The highest BCUT2D eigenvalue weighted by atomic mass is 35.5. The summed E-state index contributed by atoms with van der Waals surface area (Å²) in [6.07, 6.45) is 1.77. The van der Waals surface area contributed by atoms with Gasteiger partial charge in [0.1, 0.15) is 5.82 Å². The summed E-state index contributed by atoms with van der Waals surface area (Å²) >= 11 is 6.03. The number of nitrogens with zero attached hydrogens (tertiary/aromatic N) is 3. The smallest absolute Gasteiger partial charge is 0.225 e. The van der Waals surface area contributed by atoms with Gasteiger partial charge in [-0.25, -0.2) is 4.98 Å². The molecule has 0 atom stereocenters. The van der Waals surface area contributed by atoms with Gasteiger partial charge in [0.05, 0.1) is 18.7 Å². The van der Waals surface area contributed by atoms with Gasteiger partial charge in [-0.05, 0) is 43.2 Å². The first-order valence-corrected chi connectivity index (χ1v) is 9.26. The maximum absolute atomic E-state index is 12.6. The molecule has 0 N–H and O–H groups in total. The van der Waals surface area contributed by atoms with Crippen LogP contribution in [0, 0.1) is 5.92 Å². The lowest BCUT2D eigenvalue weighted by Crippen LogP contribution is -2.46. The van der Waals surface area contributed by atoms with Gasteiger partial charge in [0.15, 0.2) is 0 Å². The minimum Gasteiger partial charge on any atom is -0.378 e. The molecule has 0 bridgehead atoms. The lowest BCUT2D eigenvalue weighted by molar-refractivity contribution is -0.140. The highest BCUT2D eigenvalue weighted by molar-refractivity contribution is 6.31. The summed E-state index contributed by atoms with van der Waals surface area (Å²) in [7, 11) is 0. The number of hydrogen-bond acceptors (Lipinski definition) is 4. The molecule has 2 fully saturated rings. The Bertz CT molecular complexity index is 768. The summed E-state index contributed by atoms with van der Waals surface area (Å²) in [6.45, 7) is 4.52.